The Bertz CT molecular complexity index is 452. The first-order valence-corrected chi connectivity index (χ1v) is 9.29. The predicted octanol–water partition coefficient (Wildman–Crippen LogP) is 0.261. The highest BCUT2D eigenvalue weighted by molar-refractivity contribution is 7.89. The van der Waals surface area contributed by atoms with Crippen molar-refractivity contribution in [3.05, 3.63) is 0 Å². The van der Waals surface area contributed by atoms with Crippen LogP contribution in [0.15, 0.2) is 5.16 Å². The van der Waals surface area contributed by atoms with E-state index in [-0.39, 0.29) is 5.84 Å². The largest absolute Gasteiger partial charge is 0.409 e. The van der Waals surface area contributed by atoms with Crippen molar-refractivity contribution in [1.82, 2.24) is 9.21 Å². The second kappa shape index (κ2) is 7.42. The number of oxime groups is 1. The molecule has 0 bridgehead atoms. The first-order chi connectivity index (χ1) is 10.0. The third kappa shape index (κ3) is 4.82. The van der Waals surface area contributed by atoms with Crippen LogP contribution in [-0.4, -0.2) is 67.1 Å². The molecule has 8 heteroatoms. The lowest BCUT2D eigenvalue weighted by atomic mass is 9.91. The standard InChI is InChI=1S/C13H26N4O3S/c14-13(15-18)10-16-6-8-17(9-7-16)21(19,20)11-12-4-2-1-3-5-12/h12,18H,1-11H2,(H2,14,15). The predicted molar refractivity (Wildman–Crippen MR) is 81.8 cm³/mol. The molecule has 1 aliphatic heterocycles. The second-order valence-electron chi connectivity index (χ2n) is 6.05. The quantitative estimate of drug-likeness (QED) is 0.328. The van der Waals surface area contributed by atoms with Crippen molar-refractivity contribution in [2.24, 2.45) is 16.8 Å². The molecular weight excluding hydrogens is 292 g/mol. The van der Waals surface area contributed by atoms with Crippen molar-refractivity contribution in [2.75, 3.05) is 38.5 Å². The molecule has 7 nitrogen and oxygen atoms in total. The van der Waals surface area contributed by atoms with Crippen molar-refractivity contribution in [3.63, 3.8) is 0 Å². The zero-order valence-corrected chi connectivity index (χ0v) is 13.3. The van der Waals surface area contributed by atoms with Crippen molar-refractivity contribution in [1.29, 1.82) is 0 Å². The number of rotatable bonds is 5. The maximum atomic E-state index is 12.5. The van der Waals surface area contributed by atoms with Crippen molar-refractivity contribution >= 4 is 15.9 Å². The average Bonchev–Trinajstić information content (AvgIpc) is 2.48. The van der Waals surface area contributed by atoms with Gasteiger partial charge in [-0.1, -0.05) is 24.4 Å². The normalized spacial score (nSPS) is 24.3. The fourth-order valence-corrected chi connectivity index (χ4v) is 5.04. The van der Waals surface area contributed by atoms with Crippen molar-refractivity contribution in [2.45, 2.75) is 32.1 Å². The summed E-state index contributed by atoms with van der Waals surface area (Å²) in [6, 6.07) is 0. The van der Waals surface area contributed by atoms with Gasteiger partial charge in [0.2, 0.25) is 10.0 Å². The van der Waals surface area contributed by atoms with Gasteiger partial charge in [-0.25, -0.2) is 8.42 Å². The van der Waals surface area contributed by atoms with Gasteiger partial charge in [-0.2, -0.15) is 4.31 Å². The maximum absolute atomic E-state index is 12.5. The fourth-order valence-electron chi connectivity index (χ4n) is 3.18. The van der Waals surface area contributed by atoms with E-state index in [1.165, 1.54) is 6.42 Å². The van der Waals surface area contributed by atoms with Crippen LogP contribution in [0.4, 0.5) is 0 Å². The van der Waals surface area contributed by atoms with Crippen LogP contribution < -0.4 is 5.73 Å². The zero-order chi connectivity index (χ0) is 15.3. The van der Waals surface area contributed by atoms with Gasteiger partial charge >= 0.3 is 0 Å². The maximum Gasteiger partial charge on any atom is 0.214 e. The summed E-state index contributed by atoms with van der Waals surface area (Å²) in [4.78, 5) is 2.00. The van der Waals surface area contributed by atoms with Crippen LogP contribution in [0.1, 0.15) is 32.1 Å². The van der Waals surface area contributed by atoms with Gasteiger partial charge in [0.05, 0.1) is 12.3 Å². The van der Waals surface area contributed by atoms with E-state index in [0.29, 0.717) is 44.4 Å². The van der Waals surface area contributed by atoms with Crippen LogP contribution in [0.5, 0.6) is 0 Å². The Morgan fingerprint density at radius 3 is 2.33 bits per heavy atom. The highest BCUT2D eigenvalue weighted by Gasteiger charge is 2.30. The molecule has 0 unspecified atom stereocenters. The molecule has 0 atom stereocenters. The molecule has 2 fully saturated rings. The summed E-state index contributed by atoms with van der Waals surface area (Å²) in [6.45, 7) is 2.62. The van der Waals surface area contributed by atoms with E-state index >= 15 is 0 Å². The molecule has 1 saturated heterocycles. The topological polar surface area (TPSA) is 99.2 Å². The lowest BCUT2D eigenvalue weighted by Crippen LogP contribution is -2.51. The number of hydrogen-bond donors (Lipinski definition) is 2. The van der Waals surface area contributed by atoms with E-state index in [9.17, 15) is 8.42 Å². The molecular formula is C13H26N4O3S. The lowest BCUT2D eigenvalue weighted by Gasteiger charge is -2.34. The minimum Gasteiger partial charge on any atom is -0.409 e. The molecule has 0 amide bonds. The molecule has 2 aliphatic rings. The Kier molecular flexibility index (Phi) is 5.83. The minimum absolute atomic E-state index is 0.161. The Morgan fingerprint density at radius 1 is 1.14 bits per heavy atom. The molecule has 2 rings (SSSR count). The molecule has 0 aromatic carbocycles. The van der Waals surface area contributed by atoms with Gasteiger partial charge in [0.1, 0.15) is 0 Å². The molecule has 1 heterocycles. The Labute approximate surface area is 126 Å². The van der Waals surface area contributed by atoms with Crippen LogP contribution in [-0.2, 0) is 10.0 Å². The monoisotopic (exact) mass is 318 g/mol. The van der Waals surface area contributed by atoms with Gasteiger partial charge in [0.15, 0.2) is 5.84 Å². The number of nitrogens with two attached hydrogens (primary N) is 1. The minimum atomic E-state index is -3.14. The molecule has 1 saturated carbocycles. The van der Waals surface area contributed by atoms with Gasteiger partial charge in [-0.05, 0) is 18.8 Å². The first kappa shape index (κ1) is 16.5. The van der Waals surface area contributed by atoms with Crippen molar-refractivity contribution < 1.29 is 13.6 Å². The highest BCUT2D eigenvalue weighted by Crippen LogP contribution is 2.26. The summed E-state index contributed by atoms with van der Waals surface area (Å²) in [6.07, 6.45) is 5.65. The fraction of sp³-hybridized carbons (Fsp3) is 0.923. The highest BCUT2D eigenvalue weighted by atomic mass is 32.2. The lowest BCUT2D eigenvalue weighted by molar-refractivity contribution is 0.205. The average molecular weight is 318 g/mol. The summed E-state index contributed by atoms with van der Waals surface area (Å²) in [5.74, 6) is 0.792. The molecule has 122 valence electrons. The Morgan fingerprint density at radius 2 is 1.76 bits per heavy atom. The summed E-state index contributed by atoms with van der Waals surface area (Å²) in [5.41, 5.74) is 5.47. The first-order valence-electron chi connectivity index (χ1n) is 7.68. The summed E-state index contributed by atoms with van der Waals surface area (Å²) in [7, 11) is -3.14. The molecule has 21 heavy (non-hydrogen) atoms. The van der Waals surface area contributed by atoms with Gasteiger partial charge in [-0.15, -0.1) is 0 Å². The van der Waals surface area contributed by atoms with E-state index in [2.05, 4.69) is 5.16 Å². The number of piperazine rings is 1. The summed E-state index contributed by atoms with van der Waals surface area (Å²) >= 11 is 0. The molecule has 0 radical (unpaired) electrons. The van der Waals surface area contributed by atoms with Crippen LogP contribution in [0, 0.1) is 5.92 Å². The third-order valence-corrected chi connectivity index (χ3v) is 6.45. The number of amidine groups is 1. The van der Waals surface area contributed by atoms with Crippen molar-refractivity contribution in [3.8, 4) is 0 Å². The molecule has 3 N–H and O–H groups in total. The summed E-state index contributed by atoms with van der Waals surface area (Å²) in [5, 5.41) is 11.5. The van der Waals surface area contributed by atoms with Crippen LogP contribution in [0.2, 0.25) is 0 Å². The van der Waals surface area contributed by atoms with Gasteiger partial charge < -0.3 is 10.9 Å². The zero-order valence-electron chi connectivity index (χ0n) is 12.4. The van der Waals surface area contributed by atoms with Crippen LogP contribution in [0.3, 0.4) is 0 Å². The van der Waals surface area contributed by atoms with E-state index < -0.39 is 10.0 Å². The Balaban J connectivity index is 1.82. The van der Waals surface area contributed by atoms with E-state index in [0.717, 1.165) is 25.7 Å². The summed E-state index contributed by atoms with van der Waals surface area (Å²) < 4.78 is 26.5. The molecule has 0 aromatic rings. The molecule has 1 aliphatic carbocycles. The smallest absolute Gasteiger partial charge is 0.214 e. The third-order valence-electron chi connectivity index (χ3n) is 4.41. The van der Waals surface area contributed by atoms with E-state index in [1.54, 1.807) is 4.31 Å². The van der Waals surface area contributed by atoms with Crippen LogP contribution in [0.25, 0.3) is 0 Å². The Hall–Kier alpha value is -0.860. The van der Waals surface area contributed by atoms with Gasteiger partial charge in [0, 0.05) is 26.2 Å². The second-order valence-corrected chi connectivity index (χ2v) is 8.06. The molecule has 0 aromatic heterocycles. The number of hydrogen-bond acceptors (Lipinski definition) is 5. The van der Waals surface area contributed by atoms with E-state index in [1.807, 2.05) is 4.90 Å². The van der Waals surface area contributed by atoms with Gasteiger partial charge in [-0.3, -0.25) is 4.90 Å². The molecule has 0 spiro atoms. The van der Waals surface area contributed by atoms with E-state index in [4.69, 9.17) is 10.9 Å². The number of sulfonamides is 1. The van der Waals surface area contributed by atoms with Crippen LogP contribution >= 0.6 is 0 Å². The SMILES string of the molecule is NC(CN1CCN(S(=O)(=O)CC2CCCCC2)CC1)=NO. The van der Waals surface area contributed by atoms with Gasteiger partial charge in [0.25, 0.3) is 0 Å². The number of nitrogens with zero attached hydrogens (tertiary/aromatic N) is 3.